The highest BCUT2D eigenvalue weighted by atomic mass is 16.5. The summed E-state index contributed by atoms with van der Waals surface area (Å²) in [5.74, 6) is 1.62. The fraction of sp³-hybridized carbons (Fsp3) is 0.375. The predicted octanol–water partition coefficient (Wildman–Crippen LogP) is 4.57. The number of carbonyl (C=O) groups is 1. The van der Waals surface area contributed by atoms with E-state index in [1.807, 2.05) is 24.3 Å². The molecule has 0 amide bonds. The average molecular weight is 380 g/mol. The Morgan fingerprint density at radius 1 is 1.11 bits per heavy atom. The van der Waals surface area contributed by atoms with E-state index in [1.54, 1.807) is 7.11 Å². The number of hydrogen-bond donors (Lipinski definition) is 0. The summed E-state index contributed by atoms with van der Waals surface area (Å²) in [4.78, 5) is 14.5. The Labute approximate surface area is 167 Å². The number of ether oxygens (including phenoxy) is 2. The molecule has 2 aromatic rings. The van der Waals surface area contributed by atoms with Crippen molar-refractivity contribution in [2.24, 2.45) is 0 Å². The number of Topliss-reactive ketones (excluding diaryl/α,β-unsaturated/α-hetero) is 1. The molecule has 1 saturated heterocycles. The zero-order chi connectivity index (χ0) is 20.1. The van der Waals surface area contributed by atoms with Crippen molar-refractivity contribution in [2.45, 2.75) is 33.8 Å². The summed E-state index contributed by atoms with van der Waals surface area (Å²) in [5.41, 5.74) is 5.41. The number of nitrogens with zero attached hydrogens (tertiary/aromatic N) is 1. The van der Waals surface area contributed by atoms with Crippen LogP contribution in [0.15, 0.2) is 42.0 Å². The number of ketones is 1. The Bertz CT molecular complexity index is 885. The second-order valence-electron chi connectivity index (χ2n) is 7.34. The molecular formula is C24H29NO3. The zero-order valence-corrected chi connectivity index (χ0v) is 17.2. The van der Waals surface area contributed by atoms with E-state index in [4.69, 9.17) is 9.47 Å². The molecule has 4 nitrogen and oxygen atoms in total. The van der Waals surface area contributed by atoms with Crippen molar-refractivity contribution in [3.05, 3.63) is 64.2 Å². The number of carbonyl (C=O) groups excluding carboxylic acids is 1. The molecule has 0 N–H and O–H groups in total. The maximum atomic E-state index is 12.2. The monoisotopic (exact) mass is 379 g/mol. The van der Waals surface area contributed by atoms with Gasteiger partial charge in [-0.2, -0.15) is 0 Å². The second kappa shape index (κ2) is 9.07. The van der Waals surface area contributed by atoms with Crippen molar-refractivity contribution >= 4 is 11.9 Å². The molecule has 1 aliphatic heterocycles. The third-order valence-electron chi connectivity index (χ3n) is 5.27. The van der Waals surface area contributed by atoms with Crippen LogP contribution in [0.5, 0.6) is 11.5 Å². The van der Waals surface area contributed by atoms with Crippen LogP contribution >= 0.6 is 0 Å². The maximum Gasteiger partial charge on any atom is 0.161 e. The minimum atomic E-state index is 0.235. The lowest BCUT2D eigenvalue weighted by Gasteiger charge is -2.26. The molecule has 0 spiro atoms. The fourth-order valence-corrected chi connectivity index (χ4v) is 3.43. The van der Waals surface area contributed by atoms with Crippen LogP contribution in [0.1, 0.15) is 35.6 Å². The molecule has 0 aromatic heterocycles. The molecule has 1 fully saturated rings. The first-order valence-electron chi connectivity index (χ1n) is 9.83. The van der Waals surface area contributed by atoms with Crippen LogP contribution in [0.25, 0.3) is 6.08 Å². The van der Waals surface area contributed by atoms with E-state index in [0.29, 0.717) is 31.1 Å². The van der Waals surface area contributed by atoms with E-state index in [-0.39, 0.29) is 5.78 Å². The van der Waals surface area contributed by atoms with Crippen LogP contribution in [-0.2, 0) is 11.4 Å². The number of methoxy groups -OCH3 is 1. The zero-order valence-electron chi connectivity index (χ0n) is 17.2. The average Bonchev–Trinajstić information content (AvgIpc) is 2.70. The van der Waals surface area contributed by atoms with Gasteiger partial charge in [0.15, 0.2) is 17.3 Å². The van der Waals surface area contributed by atoms with Gasteiger partial charge in [0.1, 0.15) is 6.61 Å². The SMILES string of the molecule is CCN1CCC(=O)/C(=C/c2ccc(OCc3cc(C)ccc3C)c(OC)c2)C1. The molecular weight excluding hydrogens is 350 g/mol. The Balaban J connectivity index is 1.77. The minimum absolute atomic E-state index is 0.235. The summed E-state index contributed by atoms with van der Waals surface area (Å²) in [5, 5.41) is 0. The van der Waals surface area contributed by atoms with Gasteiger partial charge in [-0.3, -0.25) is 9.69 Å². The van der Waals surface area contributed by atoms with Crippen molar-refractivity contribution < 1.29 is 14.3 Å². The van der Waals surface area contributed by atoms with Crippen LogP contribution in [0.2, 0.25) is 0 Å². The van der Waals surface area contributed by atoms with Crippen molar-refractivity contribution in [1.82, 2.24) is 4.90 Å². The molecule has 0 aliphatic carbocycles. The number of likely N-dealkylation sites (tertiary alicyclic amines) is 1. The minimum Gasteiger partial charge on any atom is -0.493 e. The molecule has 3 rings (SSSR count). The summed E-state index contributed by atoms with van der Waals surface area (Å²) >= 11 is 0. The third-order valence-corrected chi connectivity index (χ3v) is 5.27. The number of rotatable bonds is 6. The molecule has 4 heteroatoms. The number of piperidine rings is 1. The Hall–Kier alpha value is -2.59. The largest absolute Gasteiger partial charge is 0.493 e. The molecule has 0 atom stereocenters. The first-order valence-corrected chi connectivity index (χ1v) is 9.83. The van der Waals surface area contributed by atoms with Gasteiger partial charge in [-0.15, -0.1) is 0 Å². The van der Waals surface area contributed by atoms with Crippen LogP contribution in [-0.4, -0.2) is 37.4 Å². The lowest BCUT2D eigenvalue weighted by molar-refractivity contribution is -0.117. The van der Waals surface area contributed by atoms with Crippen LogP contribution in [0, 0.1) is 13.8 Å². The van der Waals surface area contributed by atoms with Crippen molar-refractivity contribution in [3.8, 4) is 11.5 Å². The highest BCUT2D eigenvalue weighted by molar-refractivity contribution is 6.00. The van der Waals surface area contributed by atoms with E-state index in [2.05, 4.69) is 43.9 Å². The van der Waals surface area contributed by atoms with Gasteiger partial charge in [-0.1, -0.05) is 36.8 Å². The van der Waals surface area contributed by atoms with Gasteiger partial charge in [0.25, 0.3) is 0 Å². The molecule has 2 aromatic carbocycles. The van der Waals surface area contributed by atoms with E-state index in [0.717, 1.165) is 24.2 Å². The van der Waals surface area contributed by atoms with Gasteiger partial charge in [-0.05, 0) is 55.3 Å². The van der Waals surface area contributed by atoms with Crippen LogP contribution in [0.3, 0.4) is 0 Å². The van der Waals surface area contributed by atoms with Crippen LogP contribution in [0.4, 0.5) is 0 Å². The topological polar surface area (TPSA) is 38.8 Å². The lowest BCUT2D eigenvalue weighted by Crippen LogP contribution is -2.35. The smallest absolute Gasteiger partial charge is 0.161 e. The Kier molecular flexibility index (Phi) is 6.53. The summed E-state index contributed by atoms with van der Waals surface area (Å²) in [6, 6.07) is 12.2. The van der Waals surface area contributed by atoms with E-state index >= 15 is 0 Å². The Morgan fingerprint density at radius 2 is 1.93 bits per heavy atom. The molecule has 0 radical (unpaired) electrons. The normalized spacial score (nSPS) is 16.4. The van der Waals surface area contributed by atoms with Crippen LogP contribution < -0.4 is 9.47 Å². The molecule has 0 unspecified atom stereocenters. The summed E-state index contributed by atoms with van der Waals surface area (Å²) in [6.07, 6.45) is 2.56. The van der Waals surface area contributed by atoms with E-state index in [9.17, 15) is 4.79 Å². The van der Waals surface area contributed by atoms with Gasteiger partial charge in [0.2, 0.25) is 0 Å². The summed E-state index contributed by atoms with van der Waals surface area (Å²) in [7, 11) is 1.64. The first-order chi connectivity index (χ1) is 13.5. The Morgan fingerprint density at radius 3 is 2.68 bits per heavy atom. The molecule has 1 aliphatic rings. The van der Waals surface area contributed by atoms with Crippen molar-refractivity contribution in [1.29, 1.82) is 0 Å². The molecule has 148 valence electrons. The van der Waals surface area contributed by atoms with Gasteiger partial charge in [-0.25, -0.2) is 0 Å². The highest BCUT2D eigenvalue weighted by Crippen LogP contribution is 2.30. The number of benzene rings is 2. The lowest BCUT2D eigenvalue weighted by atomic mass is 10.00. The molecule has 1 heterocycles. The molecule has 28 heavy (non-hydrogen) atoms. The third kappa shape index (κ3) is 4.82. The molecule has 0 bridgehead atoms. The summed E-state index contributed by atoms with van der Waals surface area (Å²) < 4.78 is 11.6. The van der Waals surface area contributed by atoms with Gasteiger partial charge in [0, 0.05) is 25.1 Å². The van der Waals surface area contributed by atoms with E-state index < -0.39 is 0 Å². The number of aryl methyl sites for hydroxylation is 2. The quantitative estimate of drug-likeness (QED) is 0.689. The number of hydrogen-bond acceptors (Lipinski definition) is 4. The fourth-order valence-electron chi connectivity index (χ4n) is 3.43. The second-order valence-corrected chi connectivity index (χ2v) is 7.34. The first kappa shape index (κ1) is 20.2. The summed E-state index contributed by atoms with van der Waals surface area (Å²) in [6.45, 7) is 9.30. The van der Waals surface area contributed by atoms with Gasteiger partial charge >= 0.3 is 0 Å². The van der Waals surface area contributed by atoms with Gasteiger partial charge < -0.3 is 9.47 Å². The maximum absolute atomic E-state index is 12.2. The molecule has 0 saturated carbocycles. The van der Waals surface area contributed by atoms with Crippen molar-refractivity contribution in [2.75, 3.05) is 26.7 Å². The van der Waals surface area contributed by atoms with Gasteiger partial charge in [0.05, 0.1) is 7.11 Å². The van der Waals surface area contributed by atoms with Crippen molar-refractivity contribution in [3.63, 3.8) is 0 Å². The highest BCUT2D eigenvalue weighted by Gasteiger charge is 2.20. The predicted molar refractivity (Wildman–Crippen MR) is 113 cm³/mol. The number of likely N-dealkylation sites (N-methyl/N-ethyl adjacent to an activating group) is 1. The van der Waals surface area contributed by atoms with E-state index in [1.165, 1.54) is 16.7 Å². The standard InChI is InChI=1S/C24H29NO3/c1-5-25-11-10-22(26)20(15-25)13-19-8-9-23(24(14-19)27-4)28-16-21-12-17(2)6-7-18(21)3/h6-9,12-14H,5,10-11,15-16H2,1-4H3/b20-13+.